The predicted octanol–water partition coefficient (Wildman–Crippen LogP) is 4.05. The number of piperidine rings is 1. The Balaban J connectivity index is 1.39. The molecule has 1 aliphatic rings. The summed E-state index contributed by atoms with van der Waals surface area (Å²) < 4.78 is 1.79. The number of hydrogen-bond donors (Lipinski definition) is 1. The molecule has 9 heteroatoms. The number of thioether (sulfide) groups is 1. The van der Waals surface area contributed by atoms with E-state index in [0.29, 0.717) is 30.3 Å². The minimum atomic E-state index is 0.0826. The third-order valence-corrected chi connectivity index (χ3v) is 7.95. The highest BCUT2D eigenvalue weighted by atomic mass is 32.2. The predicted molar refractivity (Wildman–Crippen MR) is 130 cm³/mol. The molecule has 7 nitrogen and oxygen atoms in total. The lowest BCUT2D eigenvalue weighted by Crippen LogP contribution is -2.41. The molecule has 3 aromatic heterocycles. The zero-order valence-corrected chi connectivity index (χ0v) is 20.9. The molecule has 1 fully saturated rings. The molecule has 1 N–H and O–H groups in total. The summed E-state index contributed by atoms with van der Waals surface area (Å²) in [7, 11) is 0. The molecule has 0 radical (unpaired) electrons. The topological polar surface area (TPSA) is 75.4 Å². The first kappa shape index (κ1) is 23.2. The number of carbonyl (C=O) groups excluding carboxylic acids is 1. The molecule has 0 saturated carbocycles. The standard InChI is InChI=1S/C23H32N6OS2/c1-15-9-11-28(12-10-15)19(20-6-5-13-32-20)14-24-21(30)8-7-18-16(2)25-22-26-23(31-4)27-29(22)17(18)3/h5-6,13,15,19H,7-12,14H2,1-4H3,(H,24,30)/t19-/m1/s1. The lowest BCUT2D eigenvalue weighted by Gasteiger charge is -2.36. The Morgan fingerprint density at radius 3 is 2.78 bits per heavy atom. The highest BCUT2D eigenvalue weighted by Crippen LogP contribution is 2.29. The van der Waals surface area contributed by atoms with Gasteiger partial charge in [-0.25, -0.2) is 9.50 Å². The van der Waals surface area contributed by atoms with Crippen LogP contribution < -0.4 is 5.32 Å². The van der Waals surface area contributed by atoms with E-state index in [2.05, 4.69) is 49.7 Å². The molecular weight excluding hydrogens is 440 g/mol. The maximum atomic E-state index is 12.8. The molecule has 4 heterocycles. The first-order valence-corrected chi connectivity index (χ1v) is 13.4. The Hall–Kier alpha value is -1.97. The van der Waals surface area contributed by atoms with Crippen LogP contribution in [0.25, 0.3) is 5.78 Å². The summed E-state index contributed by atoms with van der Waals surface area (Å²) in [5, 5.41) is 10.5. The van der Waals surface area contributed by atoms with Crippen LogP contribution in [0.5, 0.6) is 0 Å². The van der Waals surface area contributed by atoms with Crippen molar-refractivity contribution in [2.24, 2.45) is 5.92 Å². The average molecular weight is 473 g/mol. The van der Waals surface area contributed by atoms with Crippen LogP contribution in [0.15, 0.2) is 22.7 Å². The maximum Gasteiger partial charge on any atom is 0.253 e. The van der Waals surface area contributed by atoms with Crippen molar-refractivity contribution in [3.05, 3.63) is 39.3 Å². The number of thiophene rings is 1. The number of aromatic nitrogens is 4. The van der Waals surface area contributed by atoms with Crippen molar-refractivity contribution < 1.29 is 4.79 Å². The number of nitrogens with zero attached hydrogens (tertiary/aromatic N) is 5. The first-order valence-electron chi connectivity index (χ1n) is 11.3. The fraction of sp³-hybridized carbons (Fsp3) is 0.565. The molecule has 172 valence electrons. The molecule has 0 spiro atoms. The number of carbonyl (C=O) groups is 1. The van der Waals surface area contributed by atoms with Gasteiger partial charge in [0, 0.05) is 29.2 Å². The minimum absolute atomic E-state index is 0.0826. The van der Waals surface area contributed by atoms with Gasteiger partial charge in [-0.3, -0.25) is 9.69 Å². The van der Waals surface area contributed by atoms with Crippen LogP contribution >= 0.6 is 23.1 Å². The molecule has 0 unspecified atom stereocenters. The summed E-state index contributed by atoms with van der Waals surface area (Å²) in [4.78, 5) is 25.7. The van der Waals surface area contributed by atoms with Gasteiger partial charge >= 0.3 is 0 Å². The van der Waals surface area contributed by atoms with E-state index in [-0.39, 0.29) is 11.9 Å². The Morgan fingerprint density at radius 1 is 1.31 bits per heavy atom. The van der Waals surface area contributed by atoms with Crippen molar-refractivity contribution in [1.29, 1.82) is 0 Å². The SMILES string of the molecule is CSc1nc2nc(C)c(CCC(=O)NC[C@H](c3cccs3)N3CCC(C)CC3)c(C)n2n1. The molecule has 3 aromatic rings. The van der Waals surface area contributed by atoms with Gasteiger partial charge in [0.15, 0.2) is 0 Å². The van der Waals surface area contributed by atoms with E-state index in [4.69, 9.17) is 0 Å². The number of likely N-dealkylation sites (tertiary alicyclic amines) is 1. The molecule has 1 aliphatic heterocycles. The number of rotatable bonds is 8. The van der Waals surface area contributed by atoms with Gasteiger partial charge in [0.2, 0.25) is 11.1 Å². The molecular formula is C23H32N6OS2. The molecule has 0 aromatic carbocycles. The van der Waals surface area contributed by atoms with E-state index >= 15 is 0 Å². The first-order chi connectivity index (χ1) is 15.5. The Bertz CT molecular complexity index is 1060. The summed E-state index contributed by atoms with van der Waals surface area (Å²) in [6.45, 7) is 9.19. The maximum absolute atomic E-state index is 12.8. The fourth-order valence-corrected chi connectivity index (χ4v) is 5.60. The second kappa shape index (κ2) is 10.3. The highest BCUT2D eigenvalue weighted by molar-refractivity contribution is 7.98. The smallest absolute Gasteiger partial charge is 0.253 e. The van der Waals surface area contributed by atoms with Gasteiger partial charge in [0.05, 0.1) is 6.04 Å². The van der Waals surface area contributed by atoms with Gasteiger partial charge in [-0.1, -0.05) is 24.8 Å². The zero-order valence-electron chi connectivity index (χ0n) is 19.3. The third kappa shape index (κ3) is 5.15. The minimum Gasteiger partial charge on any atom is -0.354 e. The summed E-state index contributed by atoms with van der Waals surface area (Å²) in [6, 6.07) is 4.55. The summed E-state index contributed by atoms with van der Waals surface area (Å²) in [6.07, 6.45) is 5.49. The molecule has 1 amide bonds. The second-order valence-electron chi connectivity index (χ2n) is 8.63. The van der Waals surface area contributed by atoms with Crippen LogP contribution in [0, 0.1) is 19.8 Å². The number of hydrogen-bond acceptors (Lipinski definition) is 7. The quantitative estimate of drug-likeness (QED) is 0.499. The van der Waals surface area contributed by atoms with Crippen molar-refractivity contribution in [2.45, 2.75) is 57.7 Å². The molecule has 4 rings (SSSR count). The zero-order chi connectivity index (χ0) is 22.7. The molecule has 1 atom stereocenters. The number of aryl methyl sites for hydroxylation is 2. The van der Waals surface area contributed by atoms with Crippen LogP contribution in [0.2, 0.25) is 0 Å². The van der Waals surface area contributed by atoms with Gasteiger partial charge in [0.1, 0.15) is 0 Å². The van der Waals surface area contributed by atoms with Crippen LogP contribution in [0.3, 0.4) is 0 Å². The number of amides is 1. The summed E-state index contributed by atoms with van der Waals surface area (Å²) >= 11 is 3.28. The van der Waals surface area contributed by atoms with E-state index in [1.54, 1.807) is 15.9 Å². The molecule has 1 saturated heterocycles. The normalized spacial score (nSPS) is 16.5. The fourth-order valence-electron chi connectivity index (χ4n) is 4.41. The van der Waals surface area contributed by atoms with Crippen molar-refractivity contribution >= 4 is 34.8 Å². The van der Waals surface area contributed by atoms with Crippen molar-refractivity contribution in [2.75, 3.05) is 25.9 Å². The largest absolute Gasteiger partial charge is 0.354 e. The van der Waals surface area contributed by atoms with Crippen LogP contribution in [0.4, 0.5) is 0 Å². The van der Waals surface area contributed by atoms with Gasteiger partial charge in [-0.05, 0) is 75.4 Å². The van der Waals surface area contributed by atoms with E-state index in [1.165, 1.54) is 29.5 Å². The molecule has 0 bridgehead atoms. The van der Waals surface area contributed by atoms with Crippen molar-refractivity contribution in [1.82, 2.24) is 29.8 Å². The Morgan fingerprint density at radius 2 is 2.09 bits per heavy atom. The average Bonchev–Trinajstić information content (AvgIpc) is 3.45. The van der Waals surface area contributed by atoms with E-state index in [1.807, 2.05) is 20.1 Å². The van der Waals surface area contributed by atoms with Crippen molar-refractivity contribution in [3.8, 4) is 0 Å². The Kier molecular flexibility index (Phi) is 7.48. The van der Waals surface area contributed by atoms with E-state index in [9.17, 15) is 4.79 Å². The van der Waals surface area contributed by atoms with Gasteiger partial charge in [-0.15, -0.1) is 16.4 Å². The number of nitrogens with one attached hydrogen (secondary N) is 1. The second-order valence-corrected chi connectivity index (χ2v) is 10.4. The Labute approximate surface area is 198 Å². The van der Waals surface area contributed by atoms with Gasteiger partial charge < -0.3 is 5.32 Å². The molecule has 32 heavy (non-hydrogen) atoms. The van der Waals surface area contributed by atoms with Crippen molar-refractivity contribution in [3.63, 3.8) is 0 Å². The van der Waals surface area contributed by atoms with Crippen LogP contribution in [-0.4, -0.2) is 56.3 Å². The number of fused-ring (bicyclic) bond motifs is 1. The highest BCUT2D eigenvalue weighted by Gasteiger charge is 2.25. The van der Waals surface area contributed by atoms with Gasteiger partial charge in [-0.2, -0.15) is 4.98 Å². The van der Waals surface area contributed by atoms with Crippen LogP contribution in [0.1, 0.15) is 54.1 Å². The lowest BCUT2D eigenvalue weighted by atomic mass is 9.97. The van der Waals surface area contributed by atoms with Gasteiger partial charge in [0.25, 0.3) is 5.78 Å². The third-order valence-electron chi connectivity index (χ3n) is 6.44. The van der Waals surface area contributed by atoms with E-state index < -0.39 is 0 Å². The van der Waals surface area contributed by atoms with E-state index in [0.717, 1.165) is 36.0 Å². The molecule has 0 aliphatic carbocycles. The summed E-state index contributed by atoms with van der Waals surface area (Å²) in [5.41, 5.74) is 3.00. The van der Waals surface area contributed by atoms with Crippen LogP contribution in [-0.2, 0) is 11.2 Å². The monoisotopic (exact) mass is 472 g/mol. The summed E-state index contributed by atoms with van der Waals surface area (Å²) in [5.74, 6) is 1.49. The lowest BCUT2D eigenvalue weighted by molar-refractivity contribution is -0.121.